The minimum absolute atomic E-state index is 0.00381. The van der Waals surface area contributed by atoms with Crippen molar-refractivity contribution < 1.29 is 73.2 Å². The molecule has 9 heterocycles. The van der Waals surface area contributed by atoms with Gasteiger partial charge in [-0.1, -0.05) is 151 Å². The van der Waals surface area contributed by atoms with Crippen molar-refractivity contribution in [2.45, 2.75) is 176 Å². The average molecular weight is 1320 g/mol. The number of ether oxygens (including phenoxy) is 3. The zero-order valence-corrected chi connectivity index (χ0v) is 60.8. The molecular weight excluding hydrogens is 1230 g/mol. The first-order chi connectivity index (χ1) is 40.0. The Kier molecular flexibility index (Phi) is 18.8. The lowest BCUT2D eigenvalue weighted by Gasteiger charge is -2.64. The Labute approximate surface area is 512 Å². The normalized spacial score (nSPS) is 34.4. The van der Waals surface area contributed by atoms with E-state index in [9.17, 15) is 9.59 Å². The number of nitrogens with zero attached hydrogens (tertiary/aromatic N) is 4. The van der Waals surface area contributed by atoms with E-state index >= 15 is 0 Å². The molecule has 3 aromatic rings. The van der Waals surface area contributed by atoms with E-state index in [-0.39, 0.29) is 79.7 Å². The van der Waals surface area contributed by atoms with Crippen molar-refractivity contribution in [2.24, 2.45) is 41.4 Å². The van der Waals surface area contributed by atoms with Crippen LogP contribution in [0.5, 0.6) is 0 Å². The molecule has 85 heavy (non-hydrogen) atoms. The fraction of sp³-hybridized carbons (Fsp3) is 0.679. The van der Waals surface area contributed by atoms with Crippen LogP contribution >= 0.6 is 0 Å². The zero-order valence-electron chi connectivity index (χ0n) is 52.8. The van der Waals surface area contributed by atoms with Crippen LogP contribution in [-0.2, 0) is 86.1 Å². The van der Waals surface area contributed by atoms with Gasteiger partial charge in [-0.25, -0.2) is 9.48 Å². The predicted octanol–water partition coefficient (Wildman–Crippen LogP) is 11.4. The molecule has 21 nitrogen and oxygen atoms in total. The summed E-state index contributed by atoms with van der Waals surface area (Å²) >= 11 is 0. The summed E-state index contributed by atoms with van der Waals surface area (Å²) in [4.78, 5) is 28.4. The van der Waals surface area contributed by atoms with E-state index in [2.05, 4.69) is 132 Å². The molecule has 1 amide bonds. The molecular formula is C56H92N4O17Si8. The highest BCUT2D eigenvalue weighted by Crippen LogP contribution is 2.59. The first-order valence-corrected chi connectivity index (χ1v) is 46.4. The Balaban J connectivity index is 1.05. The van der Waals surface area contributed by atoms with Crippen LogP contribution in [-0.4, -0.2) is 129 Å². The first-order valence-electron chi connectivity index (χ1n) is 30.9. The minimum atomic E-state index is -4.37. The number of benzene rings is 2. The number of methoxy groups -OCH3 is 1. The highest BCUT2D eigenvalue weighted by Gasteiger charge is 2.83. The van der Waals surface area contributed by atoms with Crippen molar-refractivity contribution >= 4 is 82.5 Å². The largest absolute Gasteiger partial charge is 0.479 e. The number of carbonyl (C=O) groups excluding carboxylic acids is 2. The van der Waals surface area contributed by atoms with E-state index in [1.54, 1.807) is 18.0 Å². The Bertz CT molecular complexity index is 2770. The molecule has 10 bridgehead atoms. The Morgan fingerprint density at radius 3 is 1.34 bits per heavy atom. The number of carbonyl (C=O) groups is 2. The van der Waals surface area contributed by atoms with Gasteiger partial charge in [-0.2, -0.15) is 0 Å². The number of esters is 1. The van der Waals surface area contributed by atoms with Crippen molar-refractivity contribution in [3.63, 3.8) is 0 Å². The molecule has 470 valence electrons. The smallest absolute Gasteiger partial charge is 0.465 e. The lowest BCUT2D eigenvalue weighted by atomic mass is 9.78. The van der Waals surface area contributed by atoms with Gasteiger partial charge in [-0.3, -0.25) is 4.79 Å². The van der Waals surface area contributed by atoms with Crippen molar-refractivity contribution in [2.75, 3.05) is 26.8 Å². The zero-order chi connectivity index (χ0) is 61.2. The van der Waals surface area contributed by atoms with E-state index < -0.39 is 87.7 Å². The fourth-order valence-electron chi connectivity index (χ4n) is 13.3. The van der Waals surface area contributed by atoms with Gasteiger partial charge in [0.15, 0.2) is 0 Å². The number of amides is 1. The molecule has 11 rings (SSSR count). The van der Waals surface area contributed by atoms with Crippen molar-refractivity contribution in [3.8, 4) is 11.3 Å². The molecule has 0 N–H and O–H groups in total. The van der Waals surface area contributed by atoms with Crippen molar-refractivity contribution in [3.05, 3.63) is 83.6 Å². The monoisotopic (exact) mass is 1320 g/mol. The molecule has 2 unspecified atom stereocenters. The highest BCUT2D eigenvalue weighted by atomic mass is 28.6. The van der Waals surface area contributed by atoms with E-state index in [1.807, 2.05) is 36.4 Å². The van der Waals surface area contributed by atoms with Crippen molar-refractivity contribution in [1.82, 2.24) is 19.9 Å². The van der Waals surface area contributed by atoms with E-state index in [1.165, 1.54) is 11.8 Å². The third-order valence-electron chi connectivity index (χ3n) is 15.6. The van der Waals surface area contributed by atoms with Crippen molar-refractivity contribution in [1.29, 1.82) is 0 Å². The third-order valence-corrected chi connectivity index (χ3v) is 55.6. The Hall–Kier alpha value is -2.72. The van der Waals surface area contributed by atoms with Gasteiger partial charge in [-0.05, 0) is 83.6 Å². The van der Waals surface area contributed by atoms with Crippen LogP contribution in [0.3, 0.4) is 0 Å². The van der Waals surface area contributed by atoms with Crippen LogP contribution in [0.1, 0.15) is 127 Å². The molecule has 8 aliphatic heterocycles. The van der Waals surface area contributed by atoms with Gasteiger partial charge in [-0.15, -0.1) is 5.10 Å². The molecule has 0 saturated carbocycles. The predicted molar refractivity (Wildman–Crippen MR) is 331 cm³/mol. The van der Waals surface area contributed by atoms with Crippen LogP contribution in [0.4, 0.5) is 4.79 Å². The van der Waals surface area contributed by atoms with Crippen LogP contribution in [0.25, 0.3) is 11.3 Å². The van der Waals surface area contributed by atoms with E-state index in [4.69, 9.17) is 63.6 Å². The van der Waals surface area contributed by atoms with Gasteiger partial charge in [0.05, 0.1) is 26.5 Å². The van der Waals surface area contributed by atoms with Gasteiger partial charge in [0, 0.05) is 60.5 Å². The molecule has 29 heteroatoms. The van der Waals surface area contributed by atoms with Gasteiger partial charge in [0.25, 0.3) is 0 Å². The van der Waals surface area contributed by atoms with Crippen LogP contribution in [0, 0.1) is 41.4 Å². The summed E-state index contributed by atoms with van der Waals surface area (Å²) in [5, 5.41) is 8.49. The maximum absolute atomic E-state index is 14.5. The van der Waals surface area contributed by atoms with Crippen LogP contribution < -0.4 is 0 Å². The number of hydrogen-bond acceptors (Lipinski definition) is 19. The number of aromatic nitrogens is 3. The molecule has 0 aliphatic carbocycles. The summed E-state index contributed by atoms with van der Waals surface area (Å²) in [6.07, 6.45) is 5.65. The summed E-state index contributed by atoms with van der Waals surface area (Å²) in [6, 6.07) is 19.0. The summed E-state index contributed by atoms with van der Waals surface area (Å²) in [5.74, 6) is -0.241. The van der Waals surface area contributed by atoms with Crippen LogP contribution in [0.15, 0.2) is 66.9 Å². The summed E-state index contributed by atoms with van der Waals surface area (Å²) in [5.41, 5.74) is 2.19. The quantitative estimate of drug-likeness (QED) is 0.0439. The second kappa shape index (κ2) is 24.5. The second-order valence-corrected chi connectivity index (χ2v) is 51.2. The topological polar surface area (TPSA) is 207 Å². The summed E-state index contributed by atoms with van der Waals surface area (Å²) in [6.45, 7) is 32.3. The molecule has 6 saturated heterocycles. The average Bonchev–Trinajstić information content (AvgIpc) is 1.64. The van der Waals surface area contributed by atoms with Gasteiger partial charge < -0.3 is 68.5 Å². The fourth-order valence-corrected chi connectivity index (χ4v) is 64.9. The molecule has 8 aliphatic rings. The molecule has 6 fully saturated rings. The maximum Gasteiger partial charge on any atom is 0.479 e. The van der Waals surface area contributed by atoms with Crippen LogP contribution in [0.2, 0.25) is 48.4 Å². The van der Waals surface area contributed by atoms with Gasteiger partial charge in [0.1, 0.15) is 23.4 Å². The standard InChI is InChI=1S/C56H92N4O17Si8/c1-17-64-53(61)32-60-31-52(57-58-60)48-23-25-49(26-24-48)56-28-27-55(65-56,50-21-18-19-22-51(50)56)40-59(54(62)63-16)29-20-30-78-66-79(33-41(2)3)69-82(36-44(8)9)71-80(67-78,34-42(4)5)73-84(38-46(12)13)74-81(68-78,35-43(6)7)72-83(70-79,37-45(10)11)76-85(75-82,77-84)39-47(14)15/h18-19,21-28,31,41-47H,17,20,29-30,32-40H2,1-16H3. The third kappa shape index (κ3) is 13.5. The Morgan fingerprint density at radius 1 is 0.553 bits per heavy atom. The first kappa shape index (κ1) is 65.2. The minimum Gasteiger partial charge on any atom is -0.465 e. The Morgan fingerprint density at radius 2 is 0.953 bits per heavy atom. The summed E-state index contributed by atoms with van der Waals surface area (Å²) in [7, 11) is -31.9. The summed E-state index contributed by atoms with van der Waals surface area (Å²) < 4.78 is 115. The lowest BCUT2D eigenvalue weighted by Crippen LogP contribution is -2.88. The second-order valence-electron chi connectivity index (χ2n) is 27.2. The lowest BCUT2D eigenvalue weighted by molar-refractivity contribution is -0.144. The number of fused-ring (bicyclic) bond motifs is 5. The number of hydrogen-bond donors (Lipinski definition) is 0. The van der Waals surface area contributed by atoms with Gasteiger partial charge >= 0.3 is 82.5 Å². The number of rotatable bonds is 25. The van der Waals surface area contributed by atoms with E-state index in [0.29, 0.717) is 54.4 Å². The van der Waals surface area contributed by atoms with Gasteiger partial charge in [0.2, 0.25) is 0 Å². The highest BCUT2D eigenvalue weighted by molar-refractivity contribution is 7.03. The molecule has 0 spiro atoms. The maximum atomic E-state index is 14.5. The SMILES string of the molecule is CCOC(=O)Cn1cc(-c2ccc(C34C=CC(CN(CCC[Si]56O[Si]7(CC(C)C)O[Si]8(CC(C)C)O[Si](CC(C)C)(O5)O[Si]5(CC(C)C)O[Si](CC(C)C)(O6)O[Si](CC(C)C)(O7)O[Si](CC(C)C)(O8)O5)C(=O)OC)(O3)c3ccccc34)cc2)nn1. The molecule has 2 atom stereocenters. The van der Waals surface area contributed by atoms with E-state index in [0.717, 1.165) is 22.3 Å². The molecule has 0 radical (unpaired) electrons. The molecule has 2 aromatic carbocycles. The molecule has 1 aromatic heterocycles.